The molecule has 0 unspecified atom stereocenters. The third kappa shape index (κ3) is 3.27. The van der Waals surface area contributed by atoms with Gasteiger partial charge in [0.15, 0.2) is 0 Å². The van der Waals surface area contributed by atoms with Crippen LogP contribution >= 0.6 is 0 Å². The normalized spacial score (nSPS) is 27.3. The van der Waals surface area contributed by atoms with Gasteiger partial charge in [-0.3, -0.25) is 4.79 Å². The molecule has 1 saturated carbocycles. The molecular weight excluding hydrogens is 184 g/mol. The molecule has 1 aliphatic carbocycles. The summed E-state index contributed by atoms with van der Waals surface area (Å²) in [5, 5.41) is 0. The van der Waals surface area contributed by atoms with E-state index < -0.39 is 0 Å². The van der Waals surface area contributed by atoms with Gasteiger partial charge in [-0.2, -0.15) is 0 Å². The number of methoxy groups -OCH3 is 1. The highest BCUT2D eigenvalue weighted by molar-refractivity contribution is 5.72. The van der Waals surface area contributed by atoms with Crippen LogP contribution in [0.5, 0.6) is 0 Å². The number of hydrogen-bond donors (Lipinski definition) is 0. The largest absolute Gasteiger partial charge is 0.469 e. The Morgan fingerprint density at radius 3 is 2.36 bits per heavy atom. The number of esters is 1. The fourth-order valence-electron chi connectivity index (χ4n) is 1.90. The molecule has 1 fully saturated rings. The summed E-state index contributed by atoms with van der Waals surface area (Å²) in [6, 6.07) is 0. The van der Waals surface area contributed by atoms with E-state index in [-0.39, 0.29) is 11.9 Å². The van der Waals surface area contributed by atoms with Crippen molar-refractivity contribution in [3.63, 3.8) is 0 Å². The maximum Gasteiger partial charge on any atom is 0.308 e. The Labute approximate surface area is 84.4 Å². The zero-order valence-corrected chi connectivity index (χ0v) is 8.82. The number of carbonyl (C=O) groups excluding carboxylic acids is 1. The highest BCUT2D eigenvalue weighted by Crippen LogP contribution is 2.29. The first kappa shape index (κ1) is 11.5. The first-order valence-electron chi connectivity index (χ1n) is 5.01. The predicted octanol–water partition coefficient (Wildman–Crippen LogP) is 1.54. The van der Waals surface area contributed by atoms with Crippen LogP contribution in [0.15, 0.2) is 0 Å². The molecule has 0 saturated heterocycles. The lowest BCUT2D eigenvalue weighted by Crippen LogP contribution is -2.24. The molecule has 0 aliphatic heterocycles. The molecule has 0 N–H and O–H groups in total. The van der Waals surface area contributed by atoms with Gasteiger partial charge in [0.25, 0.3) is 0 Å². The summed E-state index contributed by atoms with van der Waals surface area (Å²) in [5.74, 6) is 0.547. The maximum atomic E-state index is 11.2. The molecule has 0 bridgehead atoms. The van der Waals surface area contributed by atoms with Crippen molar-refractivity contribution < 1.29 is 19.3 Å². The molecular formula is C10H18O4. The van der Waals surface area contributed by atoms with Crippen LogP contribution in [-0.4, -0.2) is 26.8 Å². The average Bonchev–Trinajstić information content (AvgIpc) is 2.26. The fourth-order valence-corrected chi connectivity index (χ4v) is 1.90. The summed E-state index contributed by atoms with van der Waals surface area (Å²) in [5.41, 5.74) is 0. The molecule has 0 heterocycles. The molecule has 0 radical (unpaired) electrons. The van der Waals surface area contributed by atoms with E-state index in [9.17, 15) is 4.79 Å². The minimum atomic E-state index is -0.0730. The Hall–Kier alpha value is -0.610. The monoisotopic (exact) mass is 202 g/mol. The van der Waals surface area contributed by atoms with Gasteiger partial charge in [0.05, 0.1) is 26.7 Å². The Morgan fingerprint density at radius 1 is 1.21 bits per heavy atom. The van der Waals surface area contributed by atoms with Gasteiger partial charge in [-0.15, -0.1) is 0 Å². The molecule has 1 rings (SSSR count). The van der Waals surface area contributed by atoms with Crippen molar-refractivity contribution in [2.24, 2.45) is 11.8 Å². The Bertz CT molecular complexity index is 173. The molecule has 1 aliphatic rings. The molecule has 0 aromatic heterocycles. The van der Waals surface area contributed by atoms with E-state index in [4.69, 9.17) is 9.62 Å². The van der Waals surface area contributed by atoms with Crippen LogP contribution in [0.1, 0.15) is 25.7 Å². The second kappa shape index (κ2) is 5.98. The molecule has 0 aromatic carbocycles. The van der Waals surface area contributed by atoms with E-state index in [1.807, 2.05) is 0 Å². The maximum absolute atomic E-state index is 11.2. The van der Waals surface area contributed by atoms with Crippen LogP contribution in [0.4, 0.5) is 0 Å². The summed E-state index contributed by atoms with van der Waals surface area (Å²) in [6.07, 6.45) is 3.85. The van der Waals surface area contributed by atoms with Gasteiger partial charge < -0.3 is 4.74 Å². The van der Waals surface area contributed by atoms with E-state index in [0.717, 1.165) is 25.7 Å². The zero-order chi connectivity index (χ0) is 10.4. The summed E-state index contributed by atoms with van der Waals surface area (Å²) in [6.45, 7) is 0.629. The Balaban J connectivity index is 2.20. The van der Waals surface area contributed by atoms with Crippen LogP contribution in [0, 0.1) is 11.8 Å². The van der Waals surface area contributed by atoms with E-state index in [0.29, 0.717) is 12.5 Å². The van der Waals surface area contributed by atoms with E-state index >= 15 is 0 Å². The van der Waals surface area contributed by atoms with Crippen molar-refractivity contribution in [1.82, 2.24) is 0 Å². The molecule has 4 heteroatoms. The van der Waals surface area contributed by atoms with Gasteiger partial charge in [0.2, 0.25) is 0 Å². The van der Waals surface area contributed by atoms with Gasteiger partial charge in [-0.1, -0.05) is 0 Å². The number of ether oxygens (including phenoxy) is 1. The minimum Gasteiger partial charge on any atom is -0.469 e. The quantitative estimate of drug-likeness (QED) is 0.394. The molecule has 82 valence electrons. The summed E-state index contributed by atoms with van der Waals surface area (Å²) < 4.78 is 4.71. The Morgan fingerprint density at radius 2 is 1.86 bits per heavy atom. The van der Waals surface area contributed by atoms with Crippen LogP contribution in [-0.2, 0) is 19.3 Å². The van der Waals surface area contributed by atoms with Gasteiger partial charge >= 0.3 is 5.97 Å². The van der Waals surface area contributed by atoms with E-state index in [1.54, 1.807) is 0 Å². The summed E-state index contributed by atoms with van der Waals surface area (Å²) in [7, 11) is 2.96. The number of carbonyl (C=O) groups is 1. The average molecular weight is 202 g/mol. The van der Waals surface area contributed by atoms with Crippen molar-refractivity contribution in [3.05, 3.63) is 0 Å². The molecule has 0 aromatic rings. The van der Waals surface area contributed by atoms with Crippen LogP contribution in [0.25, 0.3) is 0 Å². The van der Waals surface area contributed by atoms with Crippen molar-refractivity contribution in [2.45, 2.75) is 25.7 Å². The third-order valence-corrected chi connectivity index (χ3v) is 2.80. The topological polar surface area (TPSA) is 44.8 Å². The Kier molecular flexibility index (Phi) is 4.90. The minimum absolute atomic E-state index is 0.0730. The number of rotatable bonds is 4. The van der Waals surface area contributed by atoms with Gasteiger partial charge in [0, 0.05) is 0 Å². The first-order valence-corrected chi connectivity index (χ1v) is 5.01. The third-order valence-electron chi connectivity index (χ3n) is 2.80. The highest BCUT2D eigenvalue weighted by Gasteiger charge is 2.26. The number of hydrogen-bond acceptors (Lipinski definition) is 4. The molecule has 14 heavy (non-hydrogen) atoms. The van der Waals surface area contributed by atoms with Gasteiger partial charge in [-0.05, 0) is 31.6 Å². The zero-order valence-electron chi connectivity index (χ0n) is 8.82. The van der Waals surface area contributed by atoms with Crippen molar-refractivity contribution in [2.75, 3.05) is 20.8 Å². The highest BCUT2D eigenvalue weighted by atomic mass is 17.2. The SMILES string of the molecule is COOCC1CCC(C(=O)OC)CC1. The molecule has 0 spiro atoms. The first-order chi connectivity index (χ1) is 6.77. The van der Waals surface area contributed by atoms with Crippen LogP contribution in [0.2, 0.25) is 0 Å². The molecule has 0 amide bonds. The standard InChI is InChI=1S/C10H18O4/c1-12-10(11)9-5-3-8(4-6-9)7-14-13-2/h8-9H,3-7H2,1-2H3. The predicted molar refractivity (Wildman–Crippen MR) is 50.4 cm³/mol. The van der Waals surface area contributed by atoms with Gasteiger partial charge in [0.1, 0.15) is 0 Å². The summed E-state index contributed by atoms with van der Waals surface area (Å²) in [4.78, 5) is 20.6. The molecule has 0 atom stereocenters. The van der Waals surface area contributed by atoms with Crippen LogP contribution < -0.4 is 0 Å². The smallest absolute Gasteiger partial charge is 0.308 e. The fraction of sp³-hybridized carbons (Fsp3) is 0.900. The lowest BCUT2D eigenvalue weighted by atomic mass is 9.82. The lowest BCUT2D eigenvalue weighted by Gasteiger charge is -2.25. The second-order valence-electron chi connectivity index (χ2n) is 3.69. The van der Waals surface area contributed by atoms with Gasteiger partial charge in [-0.25, -0.2) is 9.78 Å². The lowest BCUT2D eigenvalue weighted by molar-refractivity contribution is -0.281. The van der Waals surface area contributed by atoms with Crippen molar-refractivity contribution in [3.8, 4) is 0 Å². The van der Waals surface area contributed by atoms with E-state index in [2.05, 4.69) is 4.89 Å². The van der Waals surface area contributed by atoms with Crippen LogP contribution in [0.3, 0.4) is 0 Å². The van der Waals surface area contributed by atoms with Crippen molar-refractivity contribution >= 4 is 5.97 Å². The molecule has 4 nitrogen and oxygen atoms in total. The van der Waals surface area contributed by atoms with Crippen molar-refractivity contribution in [1.29, 1.82) is 0 Å². The summed E-state index contributed by atoms with van der Waals surface area (Å²) >= 11 is 0. The van der Waals surface area contributed by atoms with E-state index in [1.165, 1.54) is 14.2 Å². The second-order valence-corrected chi connectivity index (χ2v) is 3.69.